The van der Waals surface area contributed by atoms with Crippen molar-refractivity contribution in [2.24, 2.45) is 5.92 Å². The molecule has 7 nitrogen and oxygen atoms in total. The van der Waals surface area contributed by atoms with E-state index in [2.05, 4.69) is 16.0 Å². The fraction of sp³-hybridized carbons (Fsp3) is 0.375. The summed E-state index contributed by atoms with van der Waals surface area (Å²) in [7, 11) is 1.55. The Hall–Kier alpha value is -3.35. The van der Waals surface area contributed by atoms with Gasteiger partial charge in [0, 0.05) is 11.6 Å². The smallest absolute Gasteiger partial charge is 0.255 e. The lowest BCUT2D eigenvalue weighted by atomic mass is 9.97. The maximum absolute atomic E-state index is 13.0. The molecule has 0 heterocycles. The maximum atomic E-state index is 13.0. The Kier molecular flexibility index (Phi) is 8.61. The summed E-state index contributed by atoms with van der Waals surface area (Å²) < 4.78 is 5.11. The van der Waals surface area contributed by atoms with Crippen molar-refractivity contribution >= 4 is 23.4 Å². The Morgan fingerprint density at radius 1 is 0.903 bits per heavy atom. The first kappa shape index (κ1) is 23.9. The summed E-state index contributed by atoms with van der Waals surface area (Å²) in [6, 6.07) is 12.7. The first-order chi connectivity index (χ1) is 14.8. The molecule has 2 aromatic rings. The van der Waals surface area contributed by atoms with Crippen LogP contribution in [0.15, 0.2) is 48.5 Å². The highest BCUT2D eigenvalue weighted by Gasteiger charge is 2.27. The highest BCUT2D eigenvalue weighted by Crippen LogP contribution is 2.19. The van der Waals surface area contributed by atoms with Gasteiger partial charge in [-0.15, -0.1) is 0 Å². The van der Waals surface area contributed by atoms with E-state index in [9.17, 15) is 14.4 Å². The van der Waals surface area contributed by atoms with Gasteiger partial charge < -0.3 is 20.7 Å². The van der Waals surface area contributed by atoms with E-state index >= 15 is 0 Å². The predicted molar refractivity (Wildman–Crippen MR) is 121 cm³/mol. The lowest BCUT2D eigenvalue weighted by molar-refractivity contribution is -0.124. The number of anilines is 1. The third-order valence-corrected chi connectivity index (χ3v) is 4.99. The molecule has 0 fully saturated rings. The van der Waals surface area contributed by atoms with Crippen molar-refractivity contribution in [2.75, 3.05) is 12.4 Å². The molecule has 7 heteroatoms. The van der Waals surface area contributed by atoms with Gasteiger partial charge in [-0.1, -0.05) is 32.4 Å². The monoisotopic (exact) mass is 425 g/mol. The second kappa shape index (κ2) is 11.2. The van der Waals surface area contributed by atoms with Gasteiger partial charge in [-0.2, -0.15) is 0 Å². The van der Waals surface area contributed by atoms with E-state index in [-0.39, 0.29) is 29.3 Å². The molecule has 0 aromatic heterocycles. The summed E-state index contributed by atoms with van der Waals surface area (Å²) in [5, 5.41) is 8.48. The molecule has 0 aliphatic carbocycles. The molecule has 0 unspecified atom stereocenters. The predicted octanol–water partition coefficient (Wildman–Crippen LogP) is 3.62. The number of methoxy groups -OCH3 is 1. The molecule has 3 N–H and O–H groups in total. The highest BCUT2D eigenvalue weighted by atomic mass is 16.5. The minimum atomic E-state index is -0.676. The van der Waals surface area contributed by atoms with Gasteiger partial charge in [0.15, 0.2) is 0 Å². The van der Waals surface area contributed by atoms with Crippen LogP contribution in [0.5, 0.6) is 5.75 Å². The zero-order valence-electron chi connectivity index (χ0n) is 18.7. The molecular weight excluding hydrogens is 394 g/mol. The van der Waals surface area contributed by atoms with Gasteiger partial charge in [0.1, 0.15) is 11.8 Å². The number of hydrogen-bond acceptors (Lipinski definition) is 4. The number of nitrogens with one attached hydrogen (secondary N) is 3. The van der Waals surface area contributed by atoms with Gasteiger partial charge in [-0.05, 0) is 56.2 Å². The number of benzene rings is 2. The van der Waals surface area contributed by atoms with Gasteiger partial charge in [0.25, 0.3) is 11.8 Å². The molecule has 0 bridgehead atoms. The molecule has 2 rings (SSSR count). The average molecular weight is 426 g/mol. The number of carbonyl (C=O) groups excluding carboxylic acids is 3. The molecule has 0 radical (unpaired) electrons. The molecule has 166 valence electrons. The second-order valence-corrected chi connectivity index (χ2v) is 7.73. The summed E-state index contributed by atoms with van der Waals surface area (Å²) >= 11 is 0. The molecular formula is C24H31N3O4. The summed E-state index contributed by atoms with van der Waals surface area (Å²) in [6.45, 7) is 7.63. The molecule has 3 amide bonds. The van der Waals surface area contributed by atoms with Crippen LogP contribution in [0.2, 0.25) is 0 Å². The van der Waals surface area contributed by atoms with Crippen molar-refractivity contribution in [3.8, 4) is 5.75 Å². The second-order valence-electron chi connectivity index (χ2n) is 7.73. The third-order valence-electron chi connectivity index (χ3n) is 4.99. The van der Waals surface area contributed by atoms with Crippen LogP contribution in [-0.2, 0) is 4.79 Å². The van der Waals surface area contributed by atoms with Crippen molar-refractivity contribution in [2.45, 2.75) is 46.2 Å². The van der Waals surface area contributed by atoms with E-state index in [0.29, 0.717) is 17.0 Å². The summed E-state index contributed by atoms with van der Waals surface area (Å²) in [6.07, 6.45) is 0.728. The minimum absolute atomic E-state index is 0.0352. The Morgan fingerprint density at radius 3 is 2.13 bits per heavy atom. The fourth-order valence-corrected chi connectivity index (χ4v) is 3.02. The molecule has 0 saturated carbocycles. The molecule has 0 saturated heterocycles. The number of rotatable bonds is 9. The fourth-order valence-electron chi connectivity index (χ4n) is 3.02. The van der Waals surface area contributed by atoms with Crippen molar-refractivity contribution in [1.29, 1.82) is 0 Å². The summed E-state index contributed by atoms with van der Waals surface area (Å²) in [5.74, 6) is -0.401. The van der Waals surface area contributed by atoms with Crippen LogP contribution in [0.4, 0.5) is 5.69 Å². The van der Waals surface area contributed by atoms with Crippen molar-refractivity contribution in [3.63, 3.8) is 0 Å². The summed E-state index contributed by atoms with van der Waals surface area (Å²) in [5.41, 5.74) is 1.09. The maximum Gasteiger partial charge on any atom is 0.255 e. The quantitative estimate of drug-likeness (QED) is 0.572. The standard InChI is InChI=1S/C24H31N3O4/c1-6-16(4)21(24(30)25-15(2)3)27-23(29)19-9-7-8-10-20(19)26-22(28)17-11-13-18(31-5)14-12-17/h7-16,21H,6H2,1-5H3,(H,25,30)(H,26,28)(H,27,29)/t16-,21+/m1/s1. The number of carbonyl (C=O) groups is 3. The van der Waals surface area contributed by atoms with Crippen molar-refractivity contribution in [1.82, 2.24) is 10.6 Å². The Bertz CT molecular complexity index is 909. The van der Waals surface area contributed by atoms with Crippen LogP contribution in [0.3, 0.4) is 0 Å². The molecule has 0 aliphatic heterocycles. The molecule has 2 atom stereocenters. The van der Waals surface area contributed by atoms with Gasteiger partial charge in [-0.3, -0.25) is 14.4 Å². The van der Waals surface area contributed by atoms with E-state index in [1.807, 2.05) is 27.7 Å². The highest BCUT2D eigenvalue weighted by molar-refractivity contribution is 6.09. The first-order valence-electron chi connectivity index (χ1n) is 10.4. The van der Waals surface area contributed by atoms with Crippen LogP contribution >= 0.6 is 0 Å². The van der Waals surface area contributed by atoms with Gasteiger partial charge >= 0.3 is 0 Å². The van der Waals surface area contributed by atoms with Gasteiger partial charge in [0.05, 0.1) is 18.4 Å². The van der Waals surface area contributed by atoms with Crippen LogP contribution < -0.4 is 20.7 Å². The molecule has 0 aliphatic rings. The third kappa shape index (κ3) is 6.57. The topological polar surface area (TPSA) is 96.5 Å². The average Bonchev–Trinajstić information content (AvgIpc) is 2.76. The minimum Gasteiger partial charge on any atom is -0.497 e. The van der Waals surface area contributed by atoms with E-state index in [1.54, 1.807) is 55.6 Å². The molecule has 31 heavy (non-hydrogen) atoms. The largest absolute Gasteiger partial charge is 0.497 e. The molecule has 2 aromatic carbocycles. The lowest BCUT2D eigenvalue weighted by Gasteiger charge is -2.25. The van der Waals surface area contributed by atoms with E-state index in [4.69, 9.17) is 4.74 Å². The van der Waals surface area contributed by atoms with E-state index < -0.39 is 11.9 Å². The van der Waals surface area contributed by atoms with Crippen LogP contribution in [0.25, 0.3) is 0 Å². The number of ether oxygens (including phenoxy) is 1. The zero-order valence-corrected chi connectivity index (χ0v) is 18.7. The normalized spacial score (nSPS) is 12.6. The van der Waals surface area contributed by atoms with E-state index in [1.165, 1.54) is 0 Å². The van der Waals surface area contributed by atoms with Gasteiger partial charge in [-0.25, -0.2) is 0 Å². The first-order valence-corrected chi connectivity index (χ1v) is 10.4. The number of hydrogen-bond donors (Lipinski definition) is 3. The number of para-hydroxylation sites is 1. The van der Waals surface area contributed by atoms with Crippen LogP contribution in [0, 0.1) is 5.92 Å². The number of amides is 3. The Labute approximate surface area is 183 Å². The van der Waals surface area contributed by atoms with Crippen molar-refractivity contribution < 1.29 is 19.1 Å². The zero-order chi connectivity index (χ0) is 23.0. The van der Waals surface area contributed by atoms with Gasteiger partial charge in [0.2, 0.25) is 5.91 Å². The van der Waals surface area contributed by atoms with Crippen LogP contribution in [-0.4, -0.2) is 36.9 Å². The molecule has 0 spiro atoms. The SMILES string of the molecule is CC[C@@H](C)[C@H](NC(=O)c1ccccc1NC(=O)c1ccc(OC)cc1)C(=O)NC(C)C. The lowest BCUT2D eigenvalue weighted by Crippen LogP contribution is -2.51. The Morgan fingerprint density at radius 2 is 1.55 bits per heavy atom. The van der Waals surface area contributed by atoms with E-state index in [0.717, 1.165) is 6.42 Å². The Balaban J connectivity index is 2.21. The van der Waals surface area contributed by atoms with Crippen LogP contribution in [0.1, 0.15) is 54.8 Å². The summed E-state index contributed by atoms with van der Waals surface area (Å²) in [4.78, 5) is 38.3. The van der Waals surface area contributed by atoms with Crippen molar-refractivity contribution in [3.05, 3.63) is 59.7 Å².